The highest BCUT2D eigenvalue weighted by Crippen LogP contribution is 2.22. The molecule has 0 bridgehead atoms. The van der Waals surface area contributed by atoms with Crippen molar-refractivity contribution in [3.05, 3.63) is 58.7 Å². The number of hydrogen-bond donors (Lipinski definition) is 2. The van der Waals surface area contributed by atoms with Crippen LogP contribution in [0.1, 0.15) is 55.3 Å². The number of ether oxygens (including phenoxy) is 3. The zero-order chi connectivity index (χ0) is 26.1. The van der Waals surface area contributed by atoms with Gasteiger partial charge in [-0.1, -0.05) is 0 Å². The number of anilines is 2. The van der Waals surface area contributed by atoms with Crippen molar-refractivity contribution in [2.24, 2.45) is 0 Å². The van der Waals surface area contributed by atoms with Gasteiger partial charge in [0.15, 0.2) is 0 Å². The Morgan fingerprint density at radius 1 is 0.657 bits per heavy atom. The topological polar surface area (TPSA) is 154 Å². The fourth-order valence-corrected chi connectivity index (χ4v) is 3.04. The molecule has 0 aliphatic rings. The molecule has 184 valence electrons. The molecule has 0 spiro atoms. The van der Waals surface area contributed by atoms with Crippen molar-refractivity contribution in [2.75, 3.05) is 37.9 Å². The van der Waals surface area contributed by atoms with Crippen molar-refractivity contribution in [1.29, 1.82) is 0 Å². The first kappa shape index (κ1) is 26.7. The molecule has 0 radical (unpaired) electrons. The Balaban J connectivity index is 2.33. The minimum Gasteiger partial charge on any atom is -0.465 e. The van der Waals surface area contributed by atoms with Crippen LogP contribution in [0.2, 0.25) is 0 Å². The summed E-state index contributed by atoms with van der Waals surface area (Å²) in [5.74, 6) is -7.27. The molecule has 0 unspecified atom stereocenters. The molecule has 0 saturated carbocycles. The Labute approximate surface area is 200 Å². The second kappa shape index (κ2) is 12.1. The molecule has 2 N–H and O–H groups in total. The molecular formula is C24H24N2O9. The molecule has 2 aromatic rings. The van der Waals surface area contributed by atoms with E-state index in [2.05, 4.69) is 24.8 Å². The average molecular weight is 484 g/mol. The number of esters is 4. The summed E-state index contributed by atoms with van der Waals surface area (Å²) in [5.41, 5.74) is -0.102. The molecule has 35 heavy (non-hydrogen) atoms. The third-order valence-electron chi connectivity index (χ3n) is 4.66. The van der Waals surface area contributed by atoms with Gasteiger partial charge in [-0.05, 0) is 50.2 Å². The number of rotatable bonds is 10. The van der Waals surface area contributed by atoms with Gasteiger partial charge < -0.3 is 24.8 Å². The summed E-state index contributed by atoms with van der Waals surface area (Å²) in [7, 11) is 2.30. The fourth-order valence-electron chi connectivity index (χ4n) is 3.04. The minimum atomic E-state index is -1.63. The first-order valence-corrected chi connectivity index (χ1v) is 10.5. The zero-order valence-electron chi connectivity index (χ0n) is 19.6. The number of nitrogens with one attached hydrogen (secondary N) is 2. The lowest BCUT2D eigenvalue weighted by atomic mass is 10.0. The lowest BCUT2D eigenvalue weighted by Gasteiger charge is -2.12. The summed E-state index contributed by atoms with van der Waals surface area (Å²) in [6.07, 6.45) is 0. The van der Waals surface area contributed by atoms with Crippen molar-refractivity contribution in [2.45, 2.75) is 13.8 Å². The van der Waals surface area contributed by atoms with Crippen molar-refractivity contribution in [3.63, 3.8) is 0 Å². The van der Waals surface area contributed by atoms with E-state index in [4.69, 9.17) is 0 Å². The molecule has 2 aromatic carbocycles. The van der Waals surface area contributed by atoms with Crippen molar-refractivity contribution >= 4 is 46.8 Å². The normalized spacial score (nSPS) is 10.1. The molecule has 0 aromatic heterocycles. The SMILES string of the molecule is CCNc1ccc(C(=O)OC)cc1C(=O)C(=O)OC(=O)C(=O)c1cc(C(=O)OC)ccc1NCC. The smallest absolute Gasteiger partial charge is 0.387 e. The number of hydrogen-bond acceptors (Lipinski definition) is 11. The zero-order valence-corrected chi connectivity index (χ0v) is 19.6. The van der Waals surface area contributed by atoms with E-state index in [1.54, 1.807) is 13.8 Å². The number of methoxy groups -OCH3 is 2. The van der Waals surface area contributed by atoms with E-state index >= 15 is 0 Å². The van der Waals surface area contributed by atoms with Gasteiger partial charge in [0, 0.05) is 24.5 Å². The van der Waals surface area contributed by atoms with Crippen LogP contribution in [-0.2, 0) is 23.8 Å². The van der Waals surface area contributed by atoms with Crippen molar-refractivity contribution < 1.29 is 43.0 Å². The molecule has 0 heterocycles. The highest BCUT2D eigenvalue weighted by molar-refractivity contribution is 6.49. The number of carbonyl (C=O) groups is 6. The Morgan fingerprint density at radius 2 is 1.03 bits per heavy atom. The van der Waals surface area contributed by atoms with E-state index in [0.717, 1.165) is 26.4 Å². The molecule has 0 fully saturated rings. The third-order valence-corrected chi connectivity index (χ3v) is 4.66. The van der Waals surface area contributed by atoms with Crippen molar-refractivity contribution in [3.8, 4) is 0 Å². The monoisotopic (exact) mass is 484 g/mol. The van der Waals surface area contributed by atoms with E-state index < -0.39 is 35.4 Å². The van der Waals surface area contributed by atoms with E-state index in [1.807, 2.05) is 0 Å². The Hall–Kier alpha value is -4.54. The second-order valence-corrected chi connectivity index (χ2v) is 6.90. The van der Waals surface area contributed by atoms with Crippen LogP contribution in [0.25, 0.3) is 0 Å². The van der Waals surface area contributed by atoms with Gasteiger partial charge in [0.25, 0.3) is 11.6 Å². The second-order valence-electron chi connectivity index (χ2n) is 6.90. The van der Waals surface area contributed by atoms with Gasteiger partial charge in [0.1, 0.15) is 0 Å². The van der Waals surface area contributed by atoms with Gasteiger partial charge >= 0.3 is 23.9 Å². The highest BCUT2D eigenvalue weighted by atomic mass is 16.6. The van der Waals surface area contributed by atoms with Gasteiger partial charge in [-0.2, -0.15) is 0 Å². The molecule has 0 saturated heterocycles. The Kier molecular flexibility index (Phi) is 9.21. The molecule has 11 nitrogen and oxygen atoms in total. The Bertz CT molecular complexity index is 1100. The first-order valence-electron chi connectivity index (χ1n) is 10.5. The molecule has 11 heteroatoms. The molecular weight excluding hydrogens is 460 g/mol. The summed E-state index contributed by atoms with van der Waals surface area (Å²) in [6, 6.07) is 7.79. The summed E-state index contributed by atoms with van der Waals surface area (Å²) < 4.78 is 13.8. The van der Waals surface area contributed by atoms with Crippen LogP contribution in [0.3, 0.4) is 0 Å². The number of carbonyl (C=O) groups excluding carboxylic acids is 6. The number of Topliss-reactive ketones (excluding diaryl/α,β-unsaturated/α-hetero) is 2. The minimum absolute atomic E-state index is 0.0115. The standard InChI is InChI=1S/C24H24N2O9/c1-5-25-17-9-7-13(21(29)33-3)11-15(17)19(27)23(31)35-24(32)20(28)16-12-14(22(30)34-4)8-10-18(16)26-6-2/h7-12,25-26H,5-6H2,1-4H3. The van der Waals surface area contributed by atoms with E-state index in [0.29, 0.717) is 13.1 Å². The maximum absolute atomic E-state index is 12.7. The van der Waals surface area contributed by atoms with Crippen LogP contribution in [0.5, 0.6) is 0 Å². The quantitative estimate of drug-likeness (QED) is 0.168. The lowest BCUT2D eigenvalue weighted by molar-refractivity contribution is -0.152. The van der Waals surface area contributed by atoms with Crippen LogP contribution in [0, 0.1) is 0 Å². The van der Waals surface area contributed by atoms with Gasteiger partial charge in [-0.3, -0.25) is 9.59 Å². The van der Waals surface area contributed by atoms with Crippen LogP contribution in [0.4, 0.5) is 11.4 Å². The molecule has 0 aliphatic heterocycles. The number of benzene rings is 2. The van der Waals surface area contributed by atoms with Gasteiger partial charge in [0.05, 0.1) is 36.5 Å². The largest absolute Gasteiger partial charge is 0.465 e. The predicted molar refractivity (Wildman–Crippen MR) is 124 cm³/mol. The summed E-state index contributed by atoms with van der Waals surface area (Å²) in [4.78, 5) is 74.0. The fraction of sp³-hybridized carbons (Fsp3) is 0.250. The third kappa shape index (κ3) is 6.28. The predicted octanol–water partition coefficient (Wildman–Crippen LogP) is 2.26. The highest BCUT2D eigenvalue weighted by Gasteiger charge is 2.30. The molecule has 0 amide bonds. The van der Waals surface area contributed by atoms with Crippen LogP contribution in [0.15, 0.2) is 36.4 Å². The molecule has 0 aliphatic carbocycles. The Morgan fingerprint density at radius 3 is 1.34 bits per heavy atom. The van der Waals surface area contributed by atoms with Gasteiger partial charge in [0.2, 0.25) is 0 Å². The molecule has 0 atom stereocenters. The van der Waals surface area contributed by atoms with Crippen LogP contribution >= 0.6 is 0 Å². The van der Waals surface area contributed by atoms with E-state index in [-0.39, 0.29) is 33.6 Å². The molecule has 2 rings (SSSR count). The maximum Gasteiger partial charge on any atom is 0.387 e. The van der Waals surface area contributed by atoms with E-state index in [9.17, 15) is 28.8 Å². The van der Waals surface area contributed by atoms with Crippen LogP contribution in [-0.4, -0.2) is 62.8 Å². The van der Waals surface area contributed by atoms with Gasteiger partial charge in [-0.25, -0.2) is 19.2 Å². The summed E-state index contributed by atoms with van der Waals surface area (Å²) in [6.45, 7) is 4.25. The van der Waals surface area contributed by atoms with Gasteiger partial charge in [-0.15, -0.1) is 0 Å². The maximum atomic E-state index is 12.7. The summed E-state index contributed by atoms with van der Waals surface area (Å²) in [5, 5.41) is 5.71. The summed E-state index contributed by atoms with van der Waals surface area (Å²) >= 11 is 0. The van der Waals surface area contributed by atoms with Crippen molar-refractivity contribution in [1.82, 2.24) is 0 Å². The average Bonchev–Trinajstić information content (AvgIpc) is 2.87. The van der Waals surface area contributed by atoms with Crippen LogP contribution < -0.4 is 10.6 Å². The first-order chi connectivity index (χ1) is 16.7. The lowest BCUT2D eigenvalue weighted by Crippen LogP contribution is -2.28. The number of ketones is 2. The van der Waals surface area contributed by atoms with E-state index in [1.165, 1.54) is 24.3 Å².